The number of carbonyl (C=O) groups is 1. The first-order valence-electron chi connectivity index (χ1n) is 7.77. The first-order valence-corrected chi connectivity index (χ1v) is 7.77. The molecule has 0 fully saturated rings. The number of hydrogen-bond donors (Lipinski definition) is 0. The number of para-hydroxylation sites is 2. The van der Waals surface area contributed by atoms with E-state index >= 15 is 0 Å². The lowest BCUT2D eigenvalue weighted by Gasteiger charge is -2.12. The van der Waals surface area contributed by atoms with Gasteiger partial charge in [-0.05, 0) is 38.1 Å². The van der Waals surface area contributed by atoms with Crippen LogP contribution in [0.4, 0.5) is 11.4 Å². The fourth-order valence-corrected chi connectivity index (χ4v) is 2.38. The van der Waals surface area contributed by atoms with Crippen molar-refractivity contribution in [1.29, 1.82) is 0 Å². The second-order valence-electron chi connectivity index (χ2n) is 5.25. The molecule has 0 bridgehead atoms. The highest BCUT2D eigenvalue weighted by atomic mass is 16.5. The summed E-state index contributed by atoms with van der Waals surface area (Å²) in [4.78, 5) is 12.6. The van der Waals surface area contributed by atoms with Crippen molar-refractivity contribution in [2.45, 2.75) is 19.9 Å². The second kappa shape index (κ2) is 7.04. The van der Waals surface area contributed by atoms with Gasteiger partial charge in [0.15, 0.2) is 6.04 Å². The first-order chi connectivity index (χ1) is 11.7. The molecule has 6 nitrogen and oxygen atoms in total. The van der Waals surface area contributed by atoms with Crippen LogP contribution in [0.2, 0.25) is 0 Å². The molecule has 0 saturated heterocycles. The van der Waals surface area contributed by atoms with Crippen molar-refractivity contribution in [3.63, 3.8) is 0 Å². The van der Waals surface area contributed by atoms with E-state index < -0.39 is 6.04 Å². The predicted octanol–water partition coefficient (Wildman–Crippen LogP) is 3.96. The molecule has 1 aliphatic heterocycles. The van der Waals surface area contributed by atoms with Crippen LogP contribution in [0.5, 0.6) is 5.75 Å². The number of amides is 1. The van der Waals surface area contributed by atoms with Gasteiger partial charge in [-0.1, -0.05) is 30.3 Å². The molecule has 0 aliphatic carbocycles. The smallest absolute Gasteiger partial charge is 0.280 e. The summed E-state index contributed by atoms with van der Waals surface area (Å²) in [5.41, 5.74) is 1.92. The third-order valence-electron chi connectivity index (χ3n) is 3.54. The summed E-state index contributed by atoms with van der Waals surface area (Å²) in [6.07, 6.45) is 0. The number of hydrogen-bond acceptors (Lipinski definition) is 5. The minimum absolute atomic E-state index is 0.212. The SMILES string of the molecule is CCOc1ccccc1N=NC1C(=O)N(c2ccccc2)N=C1C. The van der Waals surface area contributed by atoms with E-state index in [1.165, 1.54) is 5.01 Å². The van der Waals surface area contributed by atoms with Crippen LogP contribution in [0.1, 0.15) is 13.8 Å². The summed E-state index contributed by atoms with van der Waals surface area (Å²) in [6, 6.07) is 15.9. The number of azo groups is 1. The topological polar surface area (TPSA) is 66.6 Å². The van der Waals surface area contributed by atoms with Gasteiger partial charge in [-0.2, -0.15) is 20.3 Å². The number of anilines is 1. The molecule has 6 heteroatoms. The third kappa shape index (κ3) is 3.17. The molecule has 0 N–H and O–H groups in total. The standard InChI is InChI=1S/C18H18N4O2/c1-3-24-16-12-8-7-11-15(16)19-20-17-13(2)21-22(18(17)23)14-9-5-4-6-10-14/h4-12,17H,3H2,1-2H3. The summed E-state index contributed by atoms with van der Waals surface area (Å²) in [7, 11) is 0. The Morgan fingerprint density at radius 2 is 1.83 bits per heavy atom. The van der Waals surface area contributed by atoms with Crippen LogP contribution in [0.3, 0.4) is 0 Å². The molecule has 1 unspecified atom stereocenters. The van der Waals surface area contributed by atoms with E-state index in [9.17, 15) is 4.79 Å². The third-order valence-corrected chi connectivity index (χ3v) is 3.54. The molecule has 24 heavy (non-hydrogen) atoms. The predicted molar refractivity (Wildman–Crippen MR) is 93.0 cm³/mol. The molecular weight excluding hydrogens is 304 g/mol. The number of hydrazone groups is 1. The van der Waals surface area contributed by atoms with Gasteiger partial charge in [0, 0.05) is 0 Å². The van der Waals surface area contributed by atoms with Gasteiger partial charge in [0.1, 0.15) is 11.4 Å². The maximum absolute atomic E-state index is 12.6. The molecule has 1 atom stereocenters. The van der Waals surface area contributed by atoms with Crippen molar-refractivity contribution >= 4 is 23.0 Å². The largest absolute Gasteiger partial charge is 0.492 e. The Hall–Kier alpha value is -3.02. The normalized spacial score (nSPS) is 17.4. The molecule has 0 aromatic heterocycles. The van der Waals surface area contributed by atoms with Gasteiger partial charge in [-0.15, -0.1) is 0 Å². The van der Waals surface area contributed by atoms with Crippen LogP contribution in [0.15, 0.2) is 69.9 Å². The van der Waals surface area contributed by atoms with Crippen molar-refractivity contribution in [3.8, 4) is 5.75 Å². The maximum Gasteiger partial charge on any atom is 0.280 e. The number of ether oxygens (including phenoxy) is 1. The molecule has 3 rings (SSSR count). The minimum Gasteiger partial charge on any atom is -0.492 e. The fourth-order valence-electron chi connectivity index (χ4n) is 2.38. The summed E-state index contributed by atoms with van der Waals surface area (Å²) in [6.45, 7) is 4.22. The van der Waals surface area contributed by atoms with E-state index in [0.29, 0.717) is 29.4 Å². The molecule has 2 aromatic carbocycles. The minimum atomic E-state index is -0.708. The van der Waals surface area contributed by atoms with E-state index in [4.69, 9.17) is 4.74 Å². The van der Waals surface area contributed by atoms with Crippen molar-refractivity contribution in [3.05, 3.63) is 54.6 Å². The Kier molecular flexibility index (Phi) is 4.65. The maximum atomic E-state index is 12.6. The second-order valence-corrected chi connectivity index (χ2v) is 5.25. The number of nitrogens with zero attached hydrogens (tertiary/aromatic N) is 4. The van der Waals surface area contributed by atoms with E-state index in [1.807, 2.05) is 55.5 Å². The van der Waals surface area contributed by atoms with Gasteiger partial charge < -0.3 is 4.74 Å². The Morgan fingerprint density at radius 1 is 1.12 bits per heavy atom. The monoisotopic (exact) mass is 322 g/mol. The quantitative estimate of drug-likeness (QED) is 0.782. The summed E-state index contributed by atoms with van der Waals surface area (Å²) in [5.74, 6) is 0.431. The van der Waals surface area contributed by atoms with Crippen LogP contribution >= 0.6 is 0 Å². The molecule has 1 amide bonds. The van der Waals surface area contributed by atoms with Crippen molar-refractivity contribution in [2.75, 3.05) is 11.6 Å². The number of carbonyl (C=O) groups excluding carboxylic acids is 1. The molecule has 122 valence electrons. The summed E-state index contributed by atoms with van der Waals surface area (Å²) < 4.78 is 5.52. The van der Waals surface area contributed by atoms with Gasteiger partial charge in [0.2, 0.25) is 0 Å². The summed E-state index contributed by atoms with van der Waals surface area (Å²) in [5, 5.41) is 14.1. The molecule has 1 heterocycles. The summed E-state index contributed by atoms with van der Waals surface area (Å²) >= 11 is 0. The zero-order valence-corrected chi connectivity index (χ0v) is 13.6. The Bertz CT molecular complexity index is 787. The van der Waals surface area contributed by atoms with E-state index in [0.717, 1.165) is 0 Å². The molecular formula is C18H18N4O2. The van der Waals surface area contributed by atoms with Crippen LogP contribution in [0.25, 0.3) is 0 Å². The Labute approximate surface area is 140 Å². The van der Waals surface area contributed by atoms with Gasteiger partial charge in [0.25, 0.3) is 5.91 Å². The highest BCUT2D eigenvalue weighted by Gasteiger charge is 2.34. The lowest BCUT2D eigenvalue weighted by atomic mass is 10.2. The van der Waals surface area contributed by atoms with Gasteiger partial charge in [-0.25, -0.2) is 0 Å². The fraction of sp³-hybridized carbons (Fsp3) is 0.222. The zero-order valence-electron chi connectivity index (χ0n) is 13.6. The van der Waals surface area contributed by atoms with E-state index in [2.05, 4.69) is 15.3 Å². The van der Waals surface area contributed by atoms with Gasteiger partial charge in [0.05, 0.1) is 18.0 Å². The highest BCUT2D eigenvalue weighted by Crippen LogP contribution is 2.28. The van der Waals surface area contributed by atoms with Crippen LogP contribution in [-0.4, -0.2) is 24.3 Å². The molecule has 0 saturated carbocycles. The van der Waals surface area contributed by atoms with Crippen LogP contribution in [0, 0.1) is 0 Å². The number of benzene rings is 2. The van der Waals surface area contributed by atoms with E-state index in [1.54, 1.807) is 13.0 Å². The van der Waals surface area contributed by atoms with Crippen molar-refractivity contribution in [2.24, 2.45) is 15.3 Å². The van der Waals surface area contributed by atoms with E-state index in [-0.39, 0.29) is 5.91 Å². The van der Waals surface area contributed by atoms with Crippen molar-refractivity contribution < 1.29 is 9.53 Å². The Morgan fingerprint density at radius 3 is 2.58 bits per heavy atom. The average molecular weight is 322 g/mol. The van der Waals surface area contributed by atoms with Gasteiger partial charge >= 0.3 is 0 Å². The molecule has 0 spiro atoms. The lowest BCUT2D eigenvalue weighted by molar-refractivity contribution is -0.117. The molecule has 1 aliphatic rings. The van der Waals surface area contributed by atoms with Crippen LogP contribution < -0.4 is 9.75 Å². The lowest BCUT2D eigenvalue weighted by Crippen LogP contribution is -2.29. The molecule has 0 radical (unpaired) electrons. The zero-order chi connectivity index (χ0) is 16.9. The highest BCUT2D eigenvalue weighted by molar-refractivity contribution is 6.18. The number of rotatable bonds is 5. The Balaban J connectivity index is 1.82. The average Bonchev–Trinajstić information content (AvgIpc) is 2.89. The van der Waals surface area contributed by atoms with Gasteiger partial charge in [-0.3, -0.25) is 4.79 Å². The van der Waals surface area contributed by atoms with Crippen molar-refractivity contribution in [1.82, 2.24) is 0 Å². The molecule has 2 aromatic rings. The van der Waals surface area contributed by atoms with Crippen LogP contribution in [-0.2, 0) is 4.79 Å². The first kappa shape index (κ1) is 15.9.